The van der Waals surface area contributed by atoms with Crippen molar-refractivity contribution in [2.75, 3.05) is 19.6 Å². The topological polar surface area (TPSA) is 29.5 Å². The van der Waals surface area contributed by atoms with Crippen molar-refractivity contribution in [1.29, 1.82) is 0 Å². The minimum atomic E-state index is -0.152. The van der Waals surface area contributed by atoms with Crippen molar-refractivity contribution in [2.45, 2.75) is 25.4 Å². The van der Waals surface area contributed by atoms with Crippen molar-refractivity contribution in [2.24, 2.45) is 5.92 Å². The van der Waals surface area contributed by atoms with E-state index in [1.165, 1.54) is 12.5 Å². The Balaban J connectivity index is 1.82. The van der Waals surface area contributed by atoms with Gasteiger partial charge in [-0.3, -0.25) is 9.69 Å². The predicted octanol–water partition coefficient (Wildman–Crippen LogP) is 2.04. The van der Waals surface area contributed by atoms with Crippen LogP contribution in [0.1, 0.15) is 24.8 Å². The Labute approximate surface area is 108 Å². The average Bonchev–Trinajstić information content (AvgIpc) is 2.39. The molecular weight excluding hydrogens is 226 g/mol. The van der Waals surface area contributed by atoms with E-state index in [4.69, 9.17) is 4.74 Å². The zero-order chi connectivity index (χ0) is 12.5. The first kappa shape index (κ1) is 11.7. The lowest BCUT2D eigenvalue weighted by atomic mass is 9.74. The molecule has 3 heteroatoms. The minimum absolute atomic E-state index is 0.0789. The summed E-state index contributed by atoms with van der Waals surface area (Å²) < 4.78 is 5.50. The molecule has 18 heavy (non-hydrogen) atoms. The van der Waals surface area contributed by atoms with Crippen molar-refractivity contribution < 1.29 is 9.53 Å². The Morgan fingerprint density at radius 1 is 1.28 bits per heavy atom. The molecule has 0 amide bonds. The number of benzene rings is 1. The Kier molecular flexibility index (Phi) is 3.08. The van der Waals surface area contributed by atoms with Crippen LogP contribution < -0.4 is 0 Å². The average molecular weight is 245 g/mol. The standard InChI is InChI=1S/C15H19NO2/c1-11(17)18-15-10-16-8-7-13(15)14(9-16)12-5-3-2-4-6-12/h2-6,13-15H,7-10H2,1H3/t13-,14+,15-/m0/s1. The molecule has 3 heterocycles. The number of rotatable bonds is 2. The third kappa shape index (κ3) is 2.15. The van der Waals surface area contributed by atoms with E-state index in [0.29, 0.717) is 11.8 Å². The highest BCUT2D eigenvalue weighted by Crippen LogP contribution is 2.40. The van der Waals surface area contributed by atoms with Crippen molar-refractivity contribution in [3.8, 4) is 0 Å². The second kappa shape index (κ2) is 4.73. The number of fused-ring (bicyclic) bond motifs is 3. The van der Waals surface area contributed by atoms with Crippen LogP contribution in [0.15, 0.2) is 30.3 Å². The van der Waals surface area contributed by atoms with Gasteiger partial charge in [0.2, 0.25) is 0 Å². The van der Waals surface area contributed by atoms with Gasteiger partial charge in [-0.05, 0) is 18.5 Å². The van der Waals surface area contributed by atoms with Gasteiger partial charge in [-0.2, -0.15) is 0 Å². The van der Waals surface area contributed by atoms with Crippen molar-refractivity contribution >= 4 is 5.97 Å². The number of piperidine rings is 3. The third-order valence-corrected chi connectivity index (χ3v) is 4.21. The quantitative estimate of drug-likeness (QED) is 0.747. The highest BCUT2D eigenvalue weighted by atomic mass is 16.5. The summed E-state index contributed by atoms with van der Waals surface area (Å²) >= 11 is 0. The lowest BCUT2D eigenvalue weighted by Crippen LogP contribution is -2.55. The Hall–Kier alpha value is -1.35. The molecule has 2 bridgehead atoms. The van der Waals surface area contributed by atoms with Crippen LogP contribution in [0.25, 0.3) is 0 Å². The normalized spacial score (nSPS) is 34.3. The molecule has 0 saturated carbocycles. The molecule has 0 N–H and O–H groups in total. The fourth-order valence-electron chi connectivity index (χ4n) is 3.43. The van der Waals surface area contributed by atoms with Gasteiger partial charge in [0.15, 0.2) is 0 Å². The van der Waals surface area contributed by atoms with Crippen molar-refractivity contribution in [3.63, 3.8) is 0 Å². The maximum Gasteiger partial charge on any atom is 0.302 e. The summed E-state index contributed by atoms with van der Waals surface area (Å²) in [5, 5.41) is 0. The van der Waals surface area contributed by atoms with Gasteiger partial charge in [-0.25, -0.2) is 0 Å². The first-order valence-electron chi connectivity index (χ1n) is 6.68. The monoisotopic (exact) mass is 245 g/mol. The molecular formula is C15H19NO2. The fourth-order valence-corrected chi connectivity index (χ4v) is 3.43. The van der Waals surface area contributed by atoms with Crippen LogP contribution in [0.2, 0.25) is 0 Å². The third-order valence-electron chi connectivity index (χ3n) is 4.21. The largest absolute Gasteiger partial charge is 0.461 e. The summed E-state index contributed by atoms with van der Waals surface area (Å²) in [6.07, 6.45) is 1.22. The van der Waals surface area contributed by atoms with Crippen LogP contribution in [-0.2, 0) is 9.53 Å². The Morgan fingerprint density at radius 2 is 2.06 bits per heavy atom. The molecule has 4 rings (SSSR count). The van der Waals surface area contributed by atoms with Crippen LogP contribution in [0.5, 0.6) is 0 Å². The van der Waals surface area contributed by atoms with Crippen LogP contribution in [0.4, 0.5) is 0 Å². The molecule has 0 aliphatic carbocycles. The van der Waals surface area contributed by atoms with Gasteiger partial charge in [-0.1, -0.05) is 30.3 Å². The summed E-state index contributed by atoms with van der Waals surface area (Å²) in [5.74, 6) is 0.847. The van der Waals surface area contributed by atoms with Gasteiger partial charge < -0.3 is 4.74 Å². The van der Waals surface area contributed by atoms with Gasteiger partial charge in [-0.15, -0.1) is 0 Å². The number of hydrogen-bond donors (Lipinski definition) is 0. The summed E-state index contributed by atoms with van der Waals surface area (Å²) in [7, 11) is 0. The second-order valence-electron chi connectivity index (χ2n) is 5.38. The van der Waals surface area contributed by atoms with Crippen LogP contribution in [0, 0.1) is 5.92 Å². The number of carbonyl (C=O) groups excluding carboxylic acids is 1. The molecule has 3 nitrogen and oxygen atoms in total. The van der Waals surface area contributed by atoms with E-state index in [9.17, 15) is 4.79 Å². The SMILES string of the molecule is CC(=O)O[C@H]1CN2CC[C@H]1[C@@H](c1ccccc1)C2. The molecule has 3 saturated heterocycles. The van der Waals surface area contributed by atoms with Gasteiger partial charge in [0.05, 0.1) is 0 Å². The molecule has 3 aliphatic heterocycles. The van der Waals surface area contributed by atoms with E-state index >= 15 is 0 Å². The van der Waals surface area contributed by atoms with E-state index in [2.05, 4.69) is 35.2 Å². The molecule has 0 aromatic heterocycles. The van der Waals surface area contributed by atoms with Crippen LogP contribution in [0.3, 0.4) is 0 Å². The van der Waals surface area contributed by atoms with Gasteiger partial charge >= 0.3 is 5.97 Å². The number of hydrogen-bond acceptors (Lipinski definition) is 3. The fraction of sp³-hybridized carbons (Fsp3) is 0.533. The van der Waals surface area contributed by atoms with Crippen molar-refractivity contribution in [3.05, 3.63) is 35.9 Å². The maximum atomic E-state index is 11.2. The number of ether oxygens (including phenoxy) is 1. The summed E-state index contributed by atoms with van der Waals surface area (Å²) in [4.78, 5) is 13.6. The van der Waals surface area contributed by atoms with Gasteiger partial charge in [0, 0.05) is 31.8 Å². The van der Waals surface area contributed by atoms with E-state index in [-0.39, 0.29) is 12.1 Å². The van der Waals surface area contributed by atoms with E-state index in [1.807, 2.05) is 0 Å². The lowest BCUT2D eigenvalue weighted by molar-refractivity contribution is -0.157. The molecule has 1 unspecified atom stereocenters. The Morgan fingerprint density at radius 3 is 2.72 bits per heavy atom. The Bertz CT molecular complexity index is 431. The molecule has 0 spiro atoms. The molecule has 4 atom stereocenters. The van der Waals surface area contributed by atoms with E-state index in [0.717, 1.165) is 26.1 Å². The zero-order valence-electron chi connectivity index (χ0n) is 10.7. The highest BCUT2D eigenvalue weighted by molar-refractivity contribution is 5.66. The minimum Gasteiger partial charge on any atom is -0.461 e. The first-order valence-corrected chi connectivity index (χ1v) is 6.68. The molecule has 96 valence electrons. The number of carbonyl (C=O) groups is 1. The van der Waals surface area contributed by atoms with Crippen molar-refractivity contribution in [1.82, 2.24) is 4.90 Å². The summed E-state index contributed by atoms with van der Waals surface area (Å²) in [6, 6.07) is 10.6. The zero-order valence-corrected chi connectivity index (χ0v) is 10.7. The van der Waals surface area contributed by atoms with E-state index < -0.39 is 0 Å². The smallest absolute Gasteiger partial charge is 0.302 e. The summed E-state index contributed by atoms with van der Waals surface area (Å²) in [5.41, 5.74) is 1.38. The number of esters is 1. The van der Waals surface area contributed by atoms with Gasteiger partial charge in [0.25, 0.3) is 0 Å². The lowest BCUT2D eigenvalue weighted by Gasteiger charge is -2.49. The van der Waals surface area contributed by atoms with Crippen LogP contribution >= 0.6 is 0 Å². The molecule has 1 aromatic carbocycles. The number of nitrogens with zero attached hydrogens (tertiary/aromatic N) is 1. The maximum absolute atomic E-state index is 11.2. The van der Waals surface area contributed by atoms with Crippen LogP contribution in [-0.4, -0.2) is 36.6 Å². The molecule has 0 radical (unpaired) electrons. The highest BCUT2D eigenvalue weighted by Gasteiger charge is 2.43. The predicted molar refractivity (Wildman–Crippen MR) is 69.3 cm³/mol. The molecule has 1 aromatic rings. The first-order chi connectivity index (χ1) is 8.74. The molecule has 3 fully saturated rings. The molecule has 3 aliphatic rings. The van der Waals surface area contributed by atoms with E-state index in [1.54, 1.807) is 0 Å². The summed E-state index contributed by atoms with van der Waals surface area (Å²) in [6.45, 7) is 4.67. The van der Waals surface area contributed by atoms with Gasteiger partial charge in [0.1, 0.15) is 6.10 Å². The second-order valence-corrected chi connectivity index (χ2v) is 5.38.